The van der Waals surface area contributed by atoms with E-state index in [1.165, 1.54) is 43.6 Å². The fraction of sp³-hybridized carbons (Fsp3) is 0.129. The molecule has 7 rings (SSSR count). The third-order valence-electron chi connectivity index (χ3n) is 6.96. The van der Waals surface area contributed by atoms with Crippen molar-refractivity contribution in [2.45, 2.75) is 26.2 Å². The van der Waals surface area contributed by atoms with Gasteiger partial charge in [-0.05, 0) is 67.9 Å². The normalized spacial score (nSPS) is 13.2. The highest BCUT2D eigenvalue weighted by Gasteiger charge is 2.22. The first kappa shape index (κ1) is 18.6. The molecule has 0 fully saturated rings. The second-order valence-electron chi connectivity index (χ2n) is 10.1. The van der Waals surface area contributed by atoms with Gasteiger partial charge in [0.1, 0.15) is 11.3 Å². The summed E-state index contributed by atoms with van der Waals surface area (Å²) in [5.41, 5.74) is 7.64. The quantitative estimate of drug-likeness (QED) is 0.263. The third kappa shape index (κ3) is 2.58. The number of benzene rings is 4. The van der Waals surface area contributed by atoms with Gasteiger partial charge in [-0.1, -0.05) is 75.4 Å². The number of nitrogens with zero attached hydrogens (tertiary/aromatic N) is 1. The maximum atomic E-state index is 6.55. The van der Waals surface area contributed by atoms with Crippen LogP contribution in [0, 0.1) is 0 Å². The molecule has 0 atom stereocenters. The largest absolute Gasteiger partial charge is 0.454 e. The first-order valence-electron chi connectivity index (χ1n) is 11.5. The van der Waals surface area contributed by atoms with E-state index in [4.69, 9.17) is 9.40 Å². The molecule has 1 aliphatic carbocycles. The van der Waals surface area contributed by atoms with Crippen molar-refractivity contribution < 1.29 is 4.42 Å². The summed E-state index contributed by atoms with van der Waals surface area (Å²) in [6, 6.07) is 23.9. The summed E-state index contributed by atoms with van der Waals surface area (Å²) in [5.74, 6) is 0. The Bertz CT molecular complexity index is 1790. The van der Waals surface area contributed by atoms with Gasteiger partial charge in [-0.3, -0.25) is 4.98 Å². The van der Waals surface area contributed by atoms with Gasteiger partial charge in [0.2, 0.25) is 0 Å². The average molecular weight is 426 g/mol. The Kier molecular flexibility index (Phi) is 3.57. The molecule has 6 aromatic rings. The fourth-order valence-corrected chi connectivity index (χ4v) is 5.46. The van der Waals surface area contributed by atoms with Crippen LogP contribution < -0.4 is 0 Å². The molecule has 2 aromatic heterocycles. The molecule has 0 aliphatic heterocycles. The number of pyridine rings is 1. The van der Waals surface area contributed by atoms with Crippen LogP contribution in [0.15, 0.2) is 77.3 Å². The molecule has 4 aromatic carbocycles. The average Bonchev–Trinajstić information content (AvgIpc) is 3.40. The second kappa shape index (κ2) is 6.32. The van der Waals surface area contributed by atoms with Crippen molar-refractivity contribution in [3.8, 4) is 11.3 Å². The topological polar surface area (TPSA) is 26.0 Å². The number of aromatic nitrogens is 1. The lowest BCUT2D eigenvalue weighted by molar-refractivity contribution is 0.596. The van der Waals surface area contributed by atoms with Crippen molar-refractivity contribution >= 4 is 55.6 Å². The molecule has 0 spiro atoms. The van der Waals surface area contributed by atoms with Crippen LogP contribution in [0.3, 0.4) is 0 Å². The summed E-state index contributed by atoms with van der Waals surface area (Å²) in [5, 5.41) is 7.35. The van der Waals surface area contributed by atoms with Gasteiger partial charge in [-0.15, -0.1) is 0 Å². The molecule has 0 amide bonds. The third-order valence-corrected chi connectivity index (χ3v) is 6.96. The summed E-state index contributed by atoms with van der Waals surface area (Å²) >= 11 is 0. The summed E-state index contributed by atoms with van der Waals surface area (Å²) in [7, 11) is 0. The zero-order chi connectivity index (χ0) is 22.3. The van der Waals surface area contributed by atoms with E-state index < -0.39 is 0 Å². The summed E-state index contributed by atoms with van der Waals surface area (Å²) in [6.45, 7) is 6.81. The SMILES string of the molecule is CC(C)(C)c1cc(-c2nccc3c2oc2cc4cccc5c4c(c23)C=C5)cc2ccccc12. The maximum absolute atomic E-state index is 6.55. The molecule has 158 valence electrons. The minimum atomic E-state index is 0.0161. The lowest BCUT2D eigenvalue weighted by atomic mass is 9.82. The van der Waals surface area contributed by atoms with Crippen molar-refractivity contribution in [2.24, 2.45) is 0 Å². The Labute approximate surface area is 192 Å². The van der Waals surface area contributed by atoms with Crippen molar-refractivity contribution in [1.29, 1.82) is 0 Å². The van der Waals surface area contributed by atoms with Crippen molar-refractivity contribution in [1.82, 2.24) is 4.98 Å². The van der Waals surface area contributed by atoms with Crippen LogP contribution in [-0.4, -0.2) is 4.98 Å². The van der Waals surface area contributed by atoms with Crippen LogP contribution in [0.5, 0.6) is 0 Å². The molecular weight excluding hydrogens is 402 g/mol. The van der Waals surface area contributed by atoms with Gasteiger partial charge in [-0.2, -0.15) is 0 Å². The molecule has 33 heavy (non-hydrogen) atoms. The summed E-state index contributed by atoms with van der Waals surface area (Å²) in [6.07, 6.45) is 6.35. The van der Waals surface area contributed by atoms with Gasteiger partial charge in [-0.25, -0.2) is 0 Å². The van der Waals surface area contributed by atoms with E-state index in [0.717, 1.165) is 27.8 Å². The van der Waals surface area contributed by atoms with E-state index in [1.807, 2.05) is 6.20 Å². The number of hydrogen-bond acceptors (Lipinski definition) is 2. The smallest absolute Gasteiger partial charge is 0.161 e. The Morgan fingerprint density at radius 1 is 0.758 bits per heavy atom. The molecule has 2 heterocycles. The van der Waals surface area contributed by atoms with E-state index in [-0.39, 0.29) is 5.41 Å². The van der Waals surface area contributed by atoms with Gasteiger partial charge >= 0.3 is 0 Å². The van der Waals surface area contributed by atoms with Gasteiger partial charge < -0.3 is 4.42 Å². The molecule has 0 unspecified atom stereocenters. The molecule has 2 heteroatoms. The number of rotatable bonds is 1. The minimum absolute atomic E-state index is 0.0161. The second-order valence-corrected chi connectivity index (χ2v) is 10.1. The van der Waals surface area contributed by atoms with Crippen molar-refractivity contribution in [3.63, 3.8) is 0 Å². The first-order chi connectivity index (χ1) is 16.0. The highest BCUT2D eigenvalue weighted by Crippen LogP contribution is 2.44. The highest BCUT2D eigenvalue weighted by molar-refractivity contribution is 6.21. The highest BCUT2D eigenvalue weighted by atomic mass is 16.3. The molecule has 0 saturated carbocycles. The van der Waals surface area contributed by atoms with E-state index >= 15 is 0 Å². The fourth-order valence-electron chi connectivity index (χ4n) is 5.46. The van der Waals surface area contributed by atoms with Crippen LogP contribution in [0.1, 0.15) is 37.5 Å². The molecule has 2 nitrogen and oxygen atoms in total. The number of hydrogen-bond donors (Lipinski definition) is 0. The molecule has 0 N–H and O–H groups in total. The van der Waals surface area contributed by atoms with Crippen molar-refractivity contribution in [3.05, 3.63) is 89.6 Å². The molecule has 0 bridgehead atoms. The van der Waals surface area contributed by atoms with E-state index in [9.17, 15) is 0 Å². The Balaban J connectivity index is 1.58. The number of furan rings is 1. The monoisotopic (exact) mass is 425 g/mol. The van der Waals surface area contributed by atoms with Gasteiger partial charge in [0.15, 0.2) is 5.58 Å². The van der Waals surface area contributed by atoms with Crippen LogP contribution in [-0.2, 0) is 5.41 Å². The van der Waals surface area contributed by atoms with Crippen LogP contribution in [0.25, 0.3) is 66.9 Å². The number of fused-ring (bicyclic) bond motifs is 5. The van der Waals surface area contributed by atoms with Gasteiger partial charge in [0.05, 0.1) is 0 Å². The molecule has 0 saturated heterocycles. The van der Waals surface area contributed by atoms with E-state index in [2.05, 4.69) is 99.7 Å². The Morgan fingerprint density at radius 2 is 1.61 bits per heavy atom. The Morgan fingerprint density at radius 3 is 2.48 bits per heavy atom. The molecule has 1 aliphatic rings. The lowest BCUT2D eigenvalue weighted by Crippen LogP contribution is -2.12. The summed E-state index contributed by atoms with van der Waals surface area (Å²) in [4.78, 5) is 4.83. The van der Waals surface area contributed by atoms with Crippen molar-refractivity contribution in [2.75, 3.05) is 0 Å². The molecular formula is C31H23NO. The minimum Gasteiger partial charge on any atom is -0.454 e. The maximum Gasteiger partial charge on any atom is 0.161 e. The van der Waals surface area contributed by atoms with Crippen LogP contribution in [0.2, 0.25) is 0 Å². The zero-order valence-corrected chi connectivity index (χ0v) is 18.9. The predicted octanol–water partition coefficient (Wildman–Crippen LogP) is 8.74. The standard InChI is InChI=1S/C31H23NO/c1-31(2,3)25-16-21(15-19-7-4-5-10-22(19)25)29-30-24(13-14-32-29)28-23-12-11-18-8-6-9-20(27(18)23)17-26(28)33-30/h4-17H,1-3H3. The van der Waals surface area contributed by atoms with E-state index in [0.29, 0.717) is 0 Å². The first-order valence-corrected chi connectivity index (χ1v) is 11.5. The van der Waals surface area contributed by atoms with Gasteiger partial charge in [0.25, 0.3) is 0 Å². The summed E-state index contributed by atoms with van der Waals surface area (Å²) < 4.78 is 6.55. The molecule has 0 radical (unpaired) electrons. The lowest BCUT2D eigenvalue weighted by Gasteiger charge is -2.22. The van der Waals surface area contributed by atoms with Crippen LogP contribution in [0.4, 0.5) is 0 Å². The Hall–Kier alpha value is -3.91. The van der Waals surface area contributed by atoms with Gasteiger partial charge in [0, 0.05) is 22.5 Å². The van der Waals surface area contributed by atoms with E-state index in [1.54, 1.807) is 0 Å². The predicted molar refractivity (Wildman–Crippen MR) is 140 cm³/mol. The van der Waals surface area contributed by atoms with Crippen LogP contribution >= 0.6 is 0 Å². The zero-order valence-electron chi connectivity index (χ0n) is 18.9.